The summed E-state index contributed by atoms with van der Waals surface area (Å²) in [6, 6.07) is 3.76. The normalized spacial score (nSPS) is 19.7. The smallest absolute Gasteiger partial charge is 0.163 e. The second kappa shape index (κ2) is 15.5. The minimum atomic E-state index is 0.410. The fourth-order valence-corrected chi connectivity index (χ4v) is 5.60. The van der Waals surface area contributed by atoms with Crippen molar-refractivity contribution in [3.05, 3.63) is 47.2 Å². The molecular formula is C32H45ClN4O4. The largest absolute Gasteiger partial charge is 0.493 e. The van der Waals surface area contributed by atoms with Crippen molar-refractivity contribution in [3.8, 4) is 11.5 Å². The molecule has 9 heteroatoms. The first-order valence-electron chi connectivity index (χ1n) is 14.7. The van der Waals surface area contributed by atoms with Crippen LogP contribution in [0.4, 0.5) is 5.69 Å². The Hall–Kier alpha value is -2.65. The van der Waals surface area contributed by atoms with Crippen LogP contribution in [0, 0.1) is 5.41 Å². The number of allylic oxidation sites excluding steroid dienone is 3. The summed E-state index contributed by atoms with van der Waals surface area (Å²) in [6.07, 6.45) is 10.1. The van der Waals surface area contributed by atoms with E-state index in [1.807, 2.05) is 31.2 Å². The predicted octanol–water partition coefficient (Wildman–Crippen LogP) is 6.14. The zero-order valence-corrected chi connectivity index (χ0v) is 25.6. The van der Waals surface area contributed by atoms with Gasteiger partial charge < -0.3 is 29.2 Å². The number of methoxy groups -OCH3 is 1. The molecule has 0 aromatic heterocycles. The molecule has 0 unspecified atom stereocenters. The molecule has 41 heavy (non-hydrogen) atoms. The van der Waals surface area contributed by atoms with Crippen LogP contribution in [0.3, 0.4) is 0 Å². The fourth-order valence-electron chi connectivity index (χ4n) is 5.34. The number of likely N-dealkylation sites (tertiary alicyclic amines) is 1. The van der Waals surface area contributed by atoms with Gasteiger partial charge in [-0.1, -0.05) is 25.1 Å². The molecule has 2 heterocycles. The minimum absolute atomic E-state index is 0.410. The van der Waals surface area contributed by atoms with Gasteiger partial charge in [-0.25, -0.2) is 0 Å². The van der Waals surface area contributed by atoms with Gasteiger partial charge in [0, 0.05) is 66.5 Å². The number of hydrogen-bond donors (Lipinski definition) is 1. The number of hydrogen-bond acceptors (Lipinski definition) is 8. The monoisotopic (exact) mass is 584 g/mol. The average Bonchev–Trinajstić information content (AvgIpc) is 3.31. The molecular weight excluding hydrogens is 540 g/mol. The maximum absolute atomic E-state index is 6.52. The van der Waals surface area contributed by atoms with Crippen molar-refractivity contribution in [2.75, 3.05) is 66.2 Å². The zero-order chi connectivity index (χ0) is 29.1. The Bertz CT molecular complexity index is 1170. The molecule has 2 saturated heterocycles. The van der Waals surface area contributed by atoms with Gasteiger partial charge in [-0.3, -0.25) is 9.98 Å². The SMILES string of the molecule is C=C(OC1=CCC(=NCCNCCC)CC(Cl)=C1)c1cc(OC)c(OCCCN2CCC3(COC3)C2)cc1N=CC. The summed E-state index contributed by atoms with van der Waals surface area (Å²) < 4.78 is 23.5. The summed E-state index contributed by atoms with van der Waals surface area (Å²) in [5.74, 6) is 2.36. The van der Waals surface area contributed by atoms with Crippen molar-refractivity contribution < 1.29 is 18.9 Å². The molecule has 4 rings (SSSR count). The number of halogens is 1. The molecule has 1 N–H and O–H groups in total. The molecule has 1 aromatic rings. The molecule has 1 aromatic carbocycles. The molecule has 2 fully saturated rings. The van der Waals surface area contributed by atoms with E-state index in [0.717, 1.165) is 76.6 Å². The van der Waals surface area contributed by atoms with Crippen LogP contribution in [0.5, 0.6) is 11.5 Å². The summed E-state index contributed by atoms with van der Waals surface area (Å²) in [7, 11) is 1.64. The Morgan fingerprint density at radius 3 is 2.83 bits per heavy atom. The number of nitrogens with zero attached hydrogens (tertiary/aromatic N) is 3. The third-order valence-corrected chi connectivity index (χ3v) is 7.81. The summed E-state index contributed by atoms with van der Waals surface area (Å²) in [6.45, 7) is 16.5. The quantitative estimate of drug-likeness (QED) is 0.152. The van der Waals surface area contributed by atoms with Crippen LogP contribution >= 0.6 is 11.6 Å². The molecule has 0 amide bonds. The number of rotatable bonds is 15. The van der Waals surface area contributed by atoms with E-state index >= 15 is 0 Å². The van der Waals surface area contributed by atoms with E-state index in [-0.39, 0.29) is 0 Å². The second-order valence-electron chi connectivity index (χ2n) is 10.9. The van der Waals surface area contributed by atoms with E-state index in [1.165, 1.54) is 6.42 Å². The number of benzene rings is 1. The molecule has 0 atom stereocenters. The molecule has 0 radical (unpaired) electrons. The van der Waals surface area contributed by atoms with Gasteiger partial charge in [-0.15, -0.1) is 0 Å². The third kappa shape index (κ3) is 8.92. The van der Waals surface area contributed by atoms with E-state index in [1.54, 1.807) is 13.3 Å². The second-order valence-corrected chi connectivity index (χ2v) is 11.4. The third-order valence-electron chi connectivity index (χ3n) is 7.56. The summed E-state index contributed by atoms with van der Waals surface area (Å²) in [4.78, 5) is 11.8. The molecule has 8 nitrogen and oxygen atoms in total. The summed E-state index contributed by atoms with van der Waals surface area (Å²) in [5.41, 5.74) is 2.87. The van der Waals surface area contributed by atoms with Crippen molar-refractivity contribution in [3.63, 3.8) is 0 Å². The molecule has 0 bridgehead atoms. The Labute approximate surface area is 250 Å². The van der Waals surface area contributed by atoms with Gasteiger partial charge in [0.25, 0.3) is 0 Å². The first-order chi connectivity index (χ1) is 19.9. The Morgan fingerprint density at radius 2 is 2.12 bits per heavy atom. The molecule has 1 spiro atoms. The number of ether oxygens (including phenoxy) is 4. The van der Waals surface area contributed by atoms with Gasteiger partial charge in [0.2, 0.25) is 0 Å². The van der Waals surface area contributed by atoms with Crippen LogP contribution in [0.25, 0.3) is 5.76 Å². The highest BCUT2D eigenvalue weighted by atomic mass is 35.5. The number of aliphatic imine (C=N–C) groups is 2. The molecule has 1 aliphatic carbocycles. The van der Waals surface area contributed by atoms with Crippen molar-refractivity contribution in [1.82, 2.24) is 10.2 Å². The van der Waals surface area contributed by atoms with Gasteiger partial charge in [0.15, 0.2) is 11.5 Å². The van der Waals surface area contributed by atoms with Crippen LogP contribution < -0.4 is 14.8 Å². The first kappa shape index (κ1) is 31.3. The lowest BCUT2D eigenvalue weighted by molar-refractivity contribution is -0.105. The Kier molecular flexibility index (Phi) is 11.9. The molecule has 0 saturated carbocycles. The van der Waals surface area contributed by atoms with Gasteiger partial charge >= 0.3 is 0 Å². The van der Waals surface area contributed by atoms with Gasteiger partial charge in [0.05, 0.1) is 39.2 Å². The highest BCUT2D eigenvalue weighted by Crippen LogP contribution is 2.40. The summed E-state index contributed by atoms with van der Waals surface area (Å²) >= 11 is 6.52. The lowest BCUT2D eigenvalue weighted by atomic mass is 9.85. The minimum Gasteiger partial charge on any atom is -0.493 e. The van der Waals surface area contributed by atoms with Crippen molar-refractivity contribution in [2.24, 2.45) is 15.4 Å². The number of nitrogens with one attached hydrogen (secondary N) is 1. The van der Waals surface area contributed by atoms with E-state index in [2.05, 4.69) is 28.7 Å². The highest BCUT2D eigenvalue weighted by molar-refractivity contribution is 6.31. The van der Waals surface area contributed by atoms with Gasteiger partial charge in [-0.2, -0.15) is 0 Å². The van der Waals surface area contributed by atoms with Crippen molar-refractivity contribution in [1.29, 1.82) is 0 Å². The Morgan fingerprint density at radius 1 is 1.27 bits per heavy atom. The Balaban J connectivity index is 1.36. The topological polar surface area (TPSA) is 76.9 Å². The molecule has 224 valence electrons. The van der Waals surface area contributed by atoms with Crippen molar-refractivity contribution in [2.45, 2.75) is 46.0 Å². The van der Waals surface area contributed by atoms with Crippen LogP contribution in [-0.2, 0) is 9.47 Å². The first-order valence-corrected chi connectivity index (χ1v) is 15.1. The van der Waals surface area contributed by atoms with Crippen molar-refractivity contribution >= 4 is 35.0 Å². The zero-order valence-electron chi connectivity index (χ0n) is 24.8. The standard InChI is InChI=1S/C32H45ClN4O4/c1-5-11-34-12-13-36-26-8-9-27(18-25(33)17-26)41-24(3)28-19-30(38-4)31(20-29(28)35-6-2)40-16-7-14-37-15-10-32(21-37)22-39-23-32/h6,9,18-20,34H,3,5,7-8,10-17,21-23H2,1-2,4H3. The molecule has 3 aliphatic rings. The summed E-state index contributed by atoms with van der Waals surface area (Å²) in [5, 5.41) is 4.05. The fraction of sp³-hybridized carbons (Fsp3) is 0.562. The van der Waals surface area contributed by atoms with E-state index in [9.17, 15) is 0 Å². The molecule has 2 aliphatic heterocycles. The van der Waals surface area contributed by atoms with E-state index in [0.29, 0.717) is 58.6 Å². The lowest BCUT2D eigenvalue weighted by Gasteiger charge is -2.37. The van der Waals surface area contributed by atoms with Gasteiger partial charge in [-0.05, 0) is 57.5 Å². The van der Waals surface area contributed by atoms with Crippen LogP contribution in [0.15, 0.2) is 51.6 Å². The van der Waals surface area contributed by atoms with Gasteiger partial charge in [0.1, 0.15) is 11.5 Å². The highest BCUT2D eigenvalue weighted by Gasteiger charge is 2.43. The predicted molar refractivity (Wildman–Crippen MR) is 168 cm³/mol. The van der Waals surface area contributed by atoms with Crippen LogP contribution in [0.1, 0.15) is 51.5 Å². The maximum atomic E-state index is 6.52. The maximum Gasteiger partial charge on any atom is 0.163 e. The van der Waals surface area contributed by atoms with E-state index in [4.69, 9.17) is 35.5 Å². The van der Waals surface area contributed by atoms with Crippen LogP contribution in [-0.4, -0.2) is 83.0 Å². The average molecular weight is 585 g/mol. The van der Waals surface area contributed by atoms with Crippen LogP contribution in [0.2, 0.25) is 0 Å². The van der Waals surface area contributed by atoms with E-state index < -0.39 is 0 Å². The lowest BCUT2D eigenvalue weighted by Crippen LogP contribution is -2.44.